The summed E-state index contributed by atoms with van der Waals surface area (Å²) in [5, 5.41) is 5.66. The van der Waals surface area contributed by atoms with Gasteiger partial charge in [-0.25, -0.2) is 4.79 Å². The normalized spacial score (nSPS) is 18.4. The van der Waals surface area contributed by atoms with Gasteiger partial charge in [0.1, 0.15) is 11.6 Å². The molecule has 0 aliphatic carbocycles. The fourth-order valence-electron chi connectivity index (χ4n) is 3.06. The molecule has 0 spiro atoms. The van der Waals surface area contributed by atoms with Crippen molar-refractivity contribution in [3.8, 4) is 0 Å². The molecule has 2 rings (SSSR count). The summed E-state index contributed by atoms with van der Waals surface area (Å²) < 4.78 is 5.32. The maximum Gasteiger partial charge on any atom is 0.408 e. The van der Waals surface area contributed by atoms with E-state index in [2.05, 4.69) is 29.4 Å². The average molecular weight is 361 g/mol. The van der Waals surface area contributed by atoms with Gasteiger partial charge in [-0.2, -0.15) is 0 Å². The smallest absolute Gasteiger partial charge is 0.408 e. The number of carbonyl (C=O) groups excluding carboxylic acids is 2. The van der Waals surface area contributed by atoms with E-state index < -0.39 is 17.7 Å². The first-order valence-corrected chi connectivity index (χ1v) is 9.37. The summed E-state index contributed by atoms with van der Waals surface area (Å²) in [7, 11) is 0. The Morgan fingerprint density at radius 1 is 1.38 bits per heavy atom. The Labute approximate surface area is 156 Å². The molecule has 2 unspecified atom stereocenters. The highest BCUT2D eigenvalue weighted by Gasteiger charge is 2.32. The number of nitrogens with one attached hydrogen (secondary N) is 2. The molecule has 6 nitrogen and oxygen atoms in total. The minimum Gasteiger partial charge on any atom is -0.444 e. The molecule has 2 atom stereocenters. The number of amides is 2. The molecule has 1 aliphatic rings. The first-order valence-electron chi connectivity index (χ1n) is 9.37. The number of hydrogen-bond acceptors (Lipinski definition) is 4. The lowest BCUT2D eigenvalue weighted by Gasteiger charge is -2.33. The molecule has 0 aromatic heterocycles. The van der Waals surface area contributed by atoms with Gasteiger partial charge < -0.3 is 20.3 Å². The number of benzene rings is 1. The van der Waals surface area contributed by atoms with Crippen LogP contribution in [0.1, 0.15) is 53.9 Å². The topological polar surface area (TPSA) is 70.7 Å². The van der Waals surface area contributed by atoms with Crippen LogP contribution in [0.5, 0.6) is 0 Å². The number of carbonyl (C=O) groups is 2. The second kappa shape index (κ2) is 8.43. The first kappa shape index (κ1) is 20.1. The zero-order chi connectivity index (χ0) is 19.3. The van der Waals surface area contributed by atoms with Crippen LogP contribution in [0.2, 0.25) is 0 Å². The maximum atomic E-state index is 12.7. The van der Waals surface area contributed by atoms with Gasteiger partial charge in [0, 0.05) is 12.6 Å². The van der Waals surface area contributed by atoms with E-state index in [1.807, 2.05) is 24.3 Å². The van der Waals surface area contributed by atoms with Crippen LogP contribution in [0.4, 0.5) is 16.2 Å². The van der Waals surface area contributed by atoms with Crippen molar-refractivity contribution in [2.24, 2.45) is 0 Å². The molecular weight excluding hydrogens is 330 g/mol. The summed E-state index contributed by atoms with van der Waals surface area (Å²) in [5.74, 6) is -0.228. The van der Waals surface area contributed by atoms with Crippen molar-refractivity contribution in [2.45, 2.75) is 71.6 Å². The van der Waals surface area contributed by atoms with Crippen LogP contribution in [0.25, 0.3) is 0 Å². The van der Waals surface area contributed by atoms with Gasteiger partial charge in [0.15, 0.2) is 0 Å². The lowest BCUT2D eigenvalue weighted by Crippen LogP contribution is -2.51. The number of nitrogens with zero attached hydrogens (tertiary/aromatic N) is 1. The lowest BCUT2D eigenvalue weighted by molar-refractivity contribution is -0.117. The lowest BCUT2D eigenvalue weighted by atomic mass is 10.1. The van der Waals surface area contributed by atoms with Gasteiger partial charge in [-0.15, -0.1) is 0 Å². The number of alkyl carbamates (subject to hydrolysis) is 1. The van der Waals surface area contributed by atoms with Crippen LogP contribution in [0.15, 0.2) is 24.3 Å². The van der Waals surface area contributed by atoms with E-state index in [0.29, 0.717) is 6.54 Å². The van der Waals surface area contributed by atoms with Crippen LogP contribution in [-0.2, 0) is 9.53 Å². The number of anilines is 2. The van der Waals surface area contributed by atoms with E-state index >= 15 is 0 Å². The number of unbranched alkanes of at least 4 members (excludes halogenated alkanes) is 1. The third kappa shape index (κ3) is 5.38. The molecule has 0 saturated carbocycles. The van der Waals surface area contributed by atoms with Crippen LogP contribution in [0.3, 0.4) is 0 Å². The van der Waals surface area contributed by atoms with Crippen molar-refractivity contribution in [3.63, 3.8) is 0 Å². The number of para-hydroxylation sites is 2. The van der Waals surface area contributed by atoms with Crippen molar-refractivity contribution >= 4 is 23.4 Å². The summed E-state index contributed by atoms with van der Waals surface area (Å²) in [4.78, 5) is 27.0. The Bertz CT molecular complexity index is 639. The van der Waals surface area contributed by atoms with Crippen molar-refractivity contribution in [1.82, 2.24) is 5.32 Å². The van der Waals surface area contributed by atoms with Crippen LogP contribution >= 0.6 is 0 Å². The Hall–Kier alpha value is -2.24. The molecule has 2 N–H and O–H groups in total. The highest BCUT2D eigenvalue weighted by molar-refractivity contribution is 6.01. The highest BCUT2D eigenvalue weighted by Crippen LogP contribution is 2.31. The van der Waals surface area contributed by atoms with Crippen LogP contribution in [-0.4, -0.2) is 36.2 Å². The Balaban J connectivity index is 2.22. The van der Waals surface area contributed by atoms with Gasteiger partial charge in [0.25, 0.3) is 0 Å². The van der Waals surface area contributed by atoms with Crippen molar-refractivity contribution < 1.29 is 14.3 Å². The molecule has 0 saturated heterocycles. The molecular formula is C20H31N3O3. The largest absolute Gasteiger partial charge is 0.444 e. The fraction of sp³-hybridized carbons (Fsp3) is 0.600. The molecule has 1 aliphatic heterocycles. The summed E-state index contributed by atoms with van der Waals surface area (Å²) >= 11 is 0. The summed E-state index contributed by atoms with van der Waals surface area (Å²) in [5.41, 5.74) is 1.15. The van der Waals surface area contributed by atoms with Gasteiger partial charge in [-0.3, -0.25) is 4.79 Å². The summed E-state index contributed by atoms with van der Waals surface area (Å²) in [6.07, 6.45) is 2.69. The molecule has 0 bridgehead atoms. The molecule has 2 amide bonds. The van der Waals surface area contributed by atoms with Crippen LogP contribution < -0.4 is 15.5 Å². The second-order valence-corrected chi connectivity index (χ2v) is 7.85. The fourth-order valence-corrected chi connectivity index (χ4v) is 3.06. The minimum absolute atomic E-state index is 0.228. The molecule has 26 heavy (non-hydrogen) atoms. The zero-order valence-electron chi connectivity index (χ0n) is 16.5. The summed E-state index contributed by atoms with van der Waals surface area (Å²) in [6, 6.07) is 7.34. The SMILES string of the molecule is CCCCC(C)N1CC(NC(=O)OC(C)(C)C)C(=O)Nc2ccccc21. The maximum absolute atomic E-state index is 12.7. The van der Waals surface area contributed by atoms with Gasteiger partial charge in [0.2, 0.25) is 5.91 Å². The molecule has 0 radical (unpaired) electrons. The van der Waals surface area contributed by atoms with Crippen molar-refractivity contribution in [1.29, 1.82) is 0 Å². The van der Waals surface area contributed by atoms with E-state index in [9.17, 15) is 9.59 Å². The Kier molecular flexibility index (Phi) is 6.51. The Morgan fingerprint density at radius 3 is 2.73 bits per heavy atom. The number of rotatable bonds is 5. The highest BCUT2D eigenvalue weighted by atomic mass is 16.6. The molecule has 0 fully saturated rings. The van der Waals surface area contributed by atoms with Crippen molar-refractivity contribution in [3.05, 3.63) is 24.3 Å². The third-order valence-corrected chi connectivity index (χ3v) is 4.37. The standard InChI is InChI=1S/C20H31N3O3/c1-6-7-10-14(2)23-13-16(22-19(25)26-20(3,4)5)18(24)21-15-11-8-9-12-17(15)23/h8-9,11-12,14,16H,6-7,10,13H2,1-5H3,(H,21,24)(H,22,25). The third-order valence-electron chi connectivity index (χ3n) is 4.37. The molecule has 1 aromatic rings. The first-order chi connectivity index (χ1) is 12.2. The van der Waals surface area contributed by atoms with E-state index in [-0.39, 0.29) is 11.9 Å². The number of hydrogen-bond donors (Lipinski definition) is 2. The van der Waals surface area contributed by atoms with E-state index in [1.165, 1.54) is 0 Å². The van der Waals surface area contributed by atoms with Gasteiger partial charge in [-0.1, -0.05) is 31.9 Å². The monoisotopic (exact) mass is 361 g/mol. The Morgan fingerprint density at radius 2 is 2.08 bits per heavy atom. The van der Waals surface area contributed by atoms with E-state index in [0.717, 1.165) is 30.6 Å². The zero-order valence-corrected chi connectivity index (χ0v) is 16.5. The second-order valence-electron chi connectivity index (χ2n) is 7.85. The minimum atomic E-state index is -0.679. The van der Waals surface area contributed by atoms with Gasteiger partial charge in [0.05, 0.1) is 11.4 Å². The van der Waals surface area contributed by atoms with Crippen molar-refractivity contribution in [2.75, 3.05) is 16.8 Å². The molecule has 144 valence electrons. The predicted molar refractivity (Wildman–Crippen MR) is 105 cm³/mol. The number of ether oxygens (including phenoxy) is 1. The van der Waals surface area contributed by atoms with E-state index in [1.54, 1.807) is 20.8 Å². The molecule has 1 aromatic carbocycles. The summed E-state index contributed by atoms with van der Waals surface area (Å²) in [6.45, 7) is 10.1. The molecule has 1 heterocycles. The van der Waals surface area contributed by atoms with Gasteiger partial charge in [-0.05, 0) is 46.2 Å². The predicted octanol–water partition coefficient (Wildman–Crippen LogP) is 3.92. The van der Waals surface area contributed by atoms with Gasteiger partial charge >= 0.3 is 6.09 Å². The quantitative estimate of drug-likeness (QED) is 0.834. The average Bonchev–Trinajstić information content (AvgIpc) is 2.68. The van der Waals surface area contributed by atoms with Crippen LogP contribution in [0, 0.1) is 0 Å². The van der Waals surface area contributed by atoms with E-state index in [4.69, 9.17) is 4.74 Å². The molecule has 6 heteroatoms. The number of fused-ring (bicyclic) bond motifs is 1.